The number of anilines is 1. The zero-order valence-electron chi connectivity index (χ0n) is 14.7. The zero-order valence-corrected chi connectivity index (χ0v) is 14.7. The number of carbonyl (C=O) groups is 1. The van der Waals surface area contributed by atoms with Gasteiger partial charge >= 0.3 is 0 Å². The van der Waals surface area contributed by atoms with Crippen molar-refractivity contribution >= 4 is 17.0 Å². The lowest BCUT2D eigenvalue weighted by Crippen LogP contribution is -2.21. The lowest BCUT2D eigenvalue weighted by Gasteiger charge is -2.21. The van der Waals surface area contributed by atoms with Crippen molar-refractivity contribution < 1.29 is 9.53 Å². The average Bonchev–Trinajstić information content (AvgIpc) is 2.65. The normalized spacial score (nSPS) is 10.7. The number of ketones is 1. The number of likely N-dealkylation sites (N-methyl/N-ethyl adjacent to an activating group) is 1. The third-order valence-corrected chi connectivity index (χ3v) is 3.92. The van der Waals surface area contributed by atoms with Crippen LogP contribution in [0, 0.1) is 12.3 Å². The van der Waals surface area contributed by atoms with E-state index in [1.807, 2.05) is 60.5 Å². The predicted octanol–water partition coefficient (Wildman–Crippen LogP) is 4.30. The van der Waals surface area contributed by atoms with Gasteiger partial charge in [0, 0.05) is 25.2 Å². The number of hydrogen-bond acceptors (Lipinski definition) is 3. The van der Waals surface area contributed by atoms with Crippen LogP contribution in [0.25, 0.3) is 5.57 Å². The zero-order chi connectivity index (χ0) is 18.4. The minimum Gasteiger partial charge on any atom is -0.497 e. The minimum absolute atomic E-state index is 0.0419. The molecule has 25 heavy (non-hydrogen) atoms. The number of terminal acetylenes is 1. The molecule has 2 rings (SSSR count). The molecule has 2 aromatic carbocycles. The van der Waals surface area contributed by atoms with E-state index in [0.717, 1.165) is 28.1 Å². The molecule has 0 heterocycles. The molecule has 0 bridgehead atoms. The molecule has 0 amide bonds. The van der Waals surface area contributed by atoms with Crippen LogP contribution in [0.3, 0.4) is 0 Å². The lowest BCUT2D eigenvalue weighted by atomic mass is 10.0. The Morgan fingerprint density at radius 2 is 1.76 bits per heavy atom. The first kappa shape index (κ1) is 18.1. The maximum absolute atomic E-state index is 12.1. The first-order chi connectivity index (χ1) is 12.0. The molecule has 0 atom stereocenters. The Morgan fingerprint density at radius 1 is 1.16 bits per heavy atom. The van der Waals surface area contributed by atoms with Gasteiger partial charge in [-0.25, -0.2) is 0 Å². The molecule has 0 unspecified atom stereocenters. The number of carbonyl (C=O) groups excluding carboxylic acids is 1. The summed E-state index contributed by atoms with van der Waals surface area (Å²) in [4.78, 5) is 14.0. The number of ether oxygens (including phenoxy) is 1. The summed E-state index contributed by atoms with van der Waals surface area (Å²) < 4.78 is 5.17. The van der Waals surface area contributed by atoms with E-state index in [1.165, 1.54) is 0 Å². The van der Waals surface area contributed by atoms with Crippen LogP contribution < -0.4 is 9.64 Å². The molecule has 0 fully saturated rings. The van der Waals surface area contributed by atoms with Crippen molar-refractivity contribution in [2.45, 2.75) is 6.92 Å². The first-order valence-electron chi connectivity index (χ1n) is 7.82. The van der Waals surface area contributed by atoms with Gasteiger partial charge in [-0.15, -0.1) is 6.42 Å². The quantitative estimate of drug-likeness (QED) is 0.449. The first-order valence-corrected chi connectivity index (χ1v) is 7.82. The predicted molar refractivity (Wildman–Crippen MR) is 104 cm³/mol. The van der Waals surface area contributed by atoms with Gasteiger partial charge in [0.15, 0.2) is 5.78 Å². The summed E-state index contributed by atoms with van der Waals surface area (Å²) in [5.41, 5.74) is 3.91. The second-order valence-electron chi connectivity index (χ2n) is 5.59. The van der Waals surface area contributed by atoms with E-state index in [0.29, 0.717) is 5.70 Å². The molecule has 3 heteroatoms. The average molecular weight is 331 g/mol. The number of benzene rings is 2. The molecular formula is C22H21NO2. The van der Waals surface area contributed by atoms with Crippen molar-refractivity contribution in [1.29, 1.82) is 0 Å². The SMILES string of the molecule is C#Cc1ccc(C(=C)/C=C(/C(C)=O)N(C)c2ccc(OC)cc2)cc1. The monoisotopic (exact) mass is 331 g/mol. The number of nitrogens with zero attached hydrogens (tertiary/aromatic N) is 1. The highest BCUT2D eigenvalue weighted by molar-refractivity contribution is 5.99. The van der Waals surface area contributed by atoms with E-state index in [-0.39, 0.29) is 5.78 Å². The van der Waals surface area contributed by atoms with E-state index >= 15 is 0 Å². The molecule has 126 valence electrons. The molecule has 0 radical (unpaired) electrons. The van der Waals surface area contributed by atoms with E-state index in [9.17, 15) is 4.79 Å². The Hall–Kier alpha value is -3.25. The largest absolute Gasteiger partial charge is 0.497 e. The number of Topliss-reactive ketones (excluding diaryl/α,β-unsaturated/α-hetero) is 1. The van der Waals surface area contributed by atoms with Crippen molar-refractivity contribution in [2.75, 3.05) is 19.1 Å². The summed E-state index contributed by atoms with van der Waals surface area (Å²) in [5.74, 6) is 3.31. The number of hydrogen-bond donors (Lipinski definition) is 0. The third-order valence-electron chi connectivity index (χ3n) is 3.92. The van der Waals surface area contributed by atoms with Crippen LogP contribution in [0.1, 0.15) is 18.1 Å². The molecule has 0 aliphatic heterocycles. The number of methoxy groups -OCH3 is 1. The lowest BCUT2D eigenvalue weighted by molar-refractivity contribution is -0.113. The van der Waals surface area contributed by atoms with Crippen molar-refractivity contribution in [3.63, 3.8) is 0 Å². The molecule has 0 spiro atoms. The molecule has 0 N–H and O–H groups in total. The fourth-order valence-electron chi connectivity index (χ4n) is 2.41. The van der Waals surface area contributed by atoms with Crippen molar-refractivity contribution in [1.82, 2.24) is 0 Å². The third kappa shape index (κ3) is 4.39. The second kappa shape index (κ2) is 8.03. The number of rotatable bonds is 6. The maximum Gasteiger partial charge on any atom is 0.176 e. The van der Waals surface area contributed by atoms with E-state index in [2.05, 4.69) is 12.5 Å². The molecule has 0 aliphatic carbocycles. The summed E-state index contributed by atoms with van der Waals surface area (Å²) in [7, 11) is 3.47. The summed E-state index contributed by atoms with van der Waals surface area (Å²) in [6.07, 6.45) is 7.17. The second-order valence-corrected chi connectivity index (χ2v) is 5.59. The summed E-state index contributed by atoms with van der Waals surface area (Å²) in [6.45, 7) is 5.62. The van der Waals surface area contributed by atoms with Crippen molar-refractivity contribution in [2.24, 2.45) is 0 Å². The number of allylic oxidation sites excluding steroid dienone is 3. The Labute approximate surface area is 149 Å². The topological polar surface area (TPSA) is 29.5 Å². The summed E-state index contributed by atoms with van der Waals surface area (Å²) in [5, 5.41) is 0. The van der Waals surface area contributed by atoms with E-state index in [1.54, 1.807) is 20.1 Å². The van der Waals surface area contributed by atoms with Gasteiger partial charge in [-0.05, 0) is 53.6 Å². The van der Waals surface area contributed by atoms with E-state index in [4.69, 9.17) is 11.2 Å². The van der Waals surface area contributed by atoms with E-state index < -0.39 is 0 Å². The van der Waals surface area contributed by atoms with Crippen LogP contribution in [-0.4, -0.2) is 19.9 Å². The maximum atomic E-state index is 12.1. The fourth-order valence-corrected chi connectivity index (χ4v) is 2.41. The van der Waals surface area contributed by atoms with Crippen LogP contribution in [0.15, 0.2) is 66.9 Å². The minimum atomic E-state index is -0.0419. The smallest absolute Gasteiger partial charge is 0.176 e. The fraction of sp³-hybridized carbons (Fsp3) is 0.136. The highest BCUT2D eigenvalue weighted by Gasteiger charge is 2.13. The highest BCUT2D eigenvalue weighted by Crippen LogP contribution is 2.24. The van der Waals surface area contributed by atoms with Crippen LogP contribution in [0.5, 0.6) is 5.75 Å². The van der Waals surface area contributed by atoms with Crippen molar-refractivity contribution in [3.8, 4) is 18.1 Å². The molecular weight excluding hydrogens is 310 g/mol. The van der Waals surface area contributed by atoms with Gasteiger partial charge in [0.25, 0.3) is 0 Å². The summed E-state index contributed by atoms with van der Waals surface area (Å²) in [6, 6.07) is 15.0. The Bertz CT molecular complexity index is 837. The van der Waals surface area contributed by atoms with Crippen molar-refractivity contribution in [3.05, 3.63) is 78.0 Å². The molecule has 3 nitrogen and oxygen atoms in total. The van der Waals surface area contributed by atoms with Gasteiger partial charge in [0.1, 0.15) is 5.75 Å². The Morgan fingerprint density at radius 3 is 2.24 bits per heavy atom. The van der Waals surface area contributed by atoms with Gasteiger partial charge in [0.2, 0.25) is 0 Å². The van der Waals surface area contributed by atoms with Gasteiger partial charge in [0.05, 0.1) is 12.8 Å². The van der Waals surface area contributed by atoms with Gasteiger partial charge in [-0.3, -0.25) is 4.79 Å². The van der Waals surface area contributed by atoms with Gasteiger partial charge < -0.3 is 9.64 Å². The van der Waals surface area contributed by atoms with Gasteiger partial charge in [-0.1, -0.05) is 24.6 Å². The van der Waals surface area contributed by atoms with Crippen LogP contribution in [0.2, 0.25) is 0 Å². The molecule has 0 saturated carbocycles. The standard InChI is InChI=1S/C22H21NO2/c1-6-18-7-9-19(10-8-18)16(2)15-22(17(3)24)23(4)20-11-13-21(25-5)14-12-20/h1,7-15H,2H2,3-5H3/b22-15-. The Kier molecular flexibility index (Phi) is 5.81. The molecule has 0 aliphatic rings. The summed E-state index contributed by atoms with van der Waals surface area (Å²) >= 11 is 0. The Balaban J connectivity index is 2.31. The van der Waals surface area contributed by atoms with Gasteiger partial charge in [-0.2, -0.15) is 0 Å². The van der Waals surface area contributed by atoms with Crippen LogP contribution in [-0.2, 0) is 4.79 Å². The molecule has 0 aromatic heterocycles. The molecule has 2 aromatic rings. The van der Waals surface area contributed by atoms with Crippen LogP contribution in [0.4, 0.5) is 5.69 Å². The molecule has 0 saturated heterocycles. The van der Waals surface area contributed by atoms with Crippen LogP contribution >= 0.6 is 0 Å². The highest BCUT2D eigenvalue weighted by atomic mass is 16.5.